The molecule has 0 saturated carbocycles. The fourth-order valence-corrected chi connectivity index (χ4v) is 3.18. The number of hydrogen-bond donors (Lipinski definition) is 2. The van der Waals surface area contributed by atoms with E-state index in [2.05, 4.69) is 11.6 Å². The third kappa shape index (κ3) is 11.0. The predicted molar refractivity (Wildman–Crippen MR) is 73.9 cm³/mol. The Morgan fingerprint density at radius 2 is 2.12 bits per heavy atom. The molecule has 0 radical (unpaired) electrons. The second-order valence-corrected chi connectivity index (χ2v) is 6.99. The van der Waals surface area contributed by atoms with Crippen molar-refractivity contribution in [3.8, 4) is 0 Å². The van der Waals surface area contributed by atoms with Crippen LogP contribution in [0.2, 0.25) is 0 Å². The van der Waals surface area contributed by atoms with Gasteiger partial charge in [0.2, 0.25) is 10.0 Å². The molecule has 0 heterocycles. The molecule has 17 heavy (non-hydrogen) atoms. The first-order chi connectivity index (χ1) is 8.02. The number of hydrogen-bond acceptors (Lipinski definition) is 5. The average Bonchev–Trinajstić information content (AvgIpc) is 2.24. The molecule has 0 aliphatic carbocycles. The highest BCUT2D eigenvalue weighted by atomic mass is 32.2. The molecule has 0 amide bonds. The molecule has 0 bridgehead atoms. The highest BCUT2D eigenvalue weighted by Crippen LogP contribution is 2.04. The van der Waals surface area contributed by atoms with Crippen LogP contribution >= 0.6 is 11.8 Å². The predicted octanol–water partition coefficient (Wildman–Crippen LogP) is 0.413. The summed E-state index contributed by atoms with van der Waals surface area (Å²) in [5.74, 6) is 2.04. The van der Waals surface area contributed by atoms with Gasteiger partial charge in [0, 0.05) is 12.6 Å². The van der Waals surface area contributed by atoms with Crippen LogP contribution in [0, 0.1) is 0 Å². The molecule has 104 valence electrons. The van der Waals surface area contributed by atoms with Crippen molar-refractivity contribution in [1.29, 1.82) is 0 Å². The average molecular weight is 284 g/mol. The normalized spacial score (nSPS) is 13.8. The summed E-state index contributed by atoms with van der Waals surface area (Å²) in [6.07, 6.45) is 0.849. The van der Waals surface area contributed by atoms with Crippen molar-refractivity contribution in [2.45, 2.75) is 26.3 Å². The second-order valence-electron chi connectivity index (χ2n) is 3.72. The summed E-state index contributed by atoms with van der Waals surface area (Å²) in [7, 11) is -3.22. The second kappa shape index (κ2) is 10.1. The zero-order valence-electron chi connectivity index (χ0n) is 10.6. The lowest BCUT2D eigenvalue weighted by molar-refractivity contribution is 0.156. The van der Waals surface area contributed by atoms with E-state index in [0.717, 1.165) is 17.9 Å². The van der Waals surface area contributed by atoms with Gasteiger partial charge in [-0.2, -0.15) is 11.8 Å². The minimum Gasteiger partial charge on any atom is -0.379 e. The zero-order chi connectivity index (χ0) is 13.1. The lowest BCUT2D eigenvalue weighted by Crippen LogP contribution is -2.36. The number of sulfonamides is 1. The van der Waals surface area contributed by atoms with Crippen LogP contribution in [0.5, 0.6) is 0 Å². The summed E-state index contributed by atoms with van der Waals surface area (Å²) in [6.45, 7) is 4.99. The van der Waals surface area contributed by atoms with Crippen molar-refractivity contribution in [3.05, 3.63) is 0 Å². The summed E-state index contributed by atoms with van der Waals surface area (Å²) < 4.78 is 30.9. The van der Waals surface area contributed by atoms with Gasteiger partial charge in [-0.1, -0.05) is 6.92 Å². The number of nitrogens with one attached hydrogen (secondary N) is 1. The third-order valence-corrected chi connectivity index (χ3v) is 4.44. The zero-order valence-corrected chi connectivity index (χ0v) is 12.3. The summed E-state index contributed by atoms with van der Waals surface area (Å²) >= 11 is 1.81. The Bertz CT molecular complexity index is 271. The summed E-state index contributed by atoms with van der Waals surface area (Å²) in [5.41, 5.74) is 5.23. The number of ether oxygens (including phenoxy) is 1. The van der Waals surface area contributed by atoms with Crippen LogP contribution in [0.15, 0.2) is 0 Å². The molecule has 3 N–H and O–H groups in total. The van der Waals surface area contributed by atoms with Gasteiger partial charge in [0.25, 0.3) is 0 Å². The van der Waals surface area contributed by atoms with Gasteiger partial charge in [0.1, 0.15) is 0 Å². The monoisotopic (exact) mass is 284 g/mol. The van der Waals surface area contributed by atoms with Crippen molar-refractivity contribution in [1.82, 2.24) is 4.72 Å². The maximum atomic E-state index is 11.6. The fraction of sp³-hybridized carbons (Fsp3) is 1.00. The smallest absolute Gasteiger partial charge is 0.214 e. The Morgan fingerprint density at radius 1 is 1.41 bits per heavy atom. The maximum Gasteiger partial charge on any atom is 0.214 e. The van der Waals surface area contributed by atoms with Crippen LogP contribution in [0.4, 0.5) is 0 Å². The van der Waals surface area contributed by atoms with Gasteiger partial charge in [0.05, 0.1) is 19.0 Å². The number of nitrogens with two attached hydrogens (primary N) is 1. The number of rotatable bonds is 11. The molecule has 0 aliphatic rings. The van der Waals surface area contributed by atoms with Crippen molar-refractivity contribution in [3.63, 3.8) is 0 Å². The van der Waals surface area contributed by atoms with E-state index >= 15 is 0 Å². The first kappa shape index (κ1) is 17.2. The van der Waals surface area contributed by atoms with Crippen LogP contribution in [0.3, 0.4) is 0 Å². The lowest BCUT2D eigenvalue weighted by Gasteiger charge is -2.13. The van der Waals surface area contributed by atoms with Crippen molar-refractivity contribution >= 4 is 21.8 Å². The largest absolute Gasteiger partial charge is 0.379 e. The van der Waals surface area contributed by atoms with Gasteiger partial charge in [-0.15, -0.1) is 0 Å². The van der Waals surface area contributed by atoms with Gasteiger partial charge in [-0.05, 0) is 24.9 Å². The summed E-state index contributed by atoms with van der Waals surface area (Å²) in [5, 5.41) is 0. The highest BCUT2D eigenvalue weighted by Gasteiger charge is 2.13. The van der Waals surface area contributed by atoms with Gasteiger partial charge >= 0.3 is 0 Å². The van der Waals surface area contributed by atoms with Gasteiger partial charge < -0.3 is 10.5 Å². The first-order valence-corrected chi connectivity index (χ1v) is 8.68. The van der Waals surface area contributed by atoms with E-state index in [1.54, 1.807) is 0 Å². The van der Waals surface area contributed by atoms with E-state index in [-0.39, 0.29) is 18.4 Å². The van der Waals surface area contributed by atoms with Gasteiger partial charge in [0.15, 0.2) is 0 Å². The van der Waals surface area contributed by atoms with E-state index in [1.165, 1.54) is 0 Å². The summed E-state index contributed by atoms with van der Waals surface area (Å²) in [6, 6.07) is -0.0199. The van der Waals surface area contributed by atoms with Crippen LogP contribution in [-0.2, 0) is 14.8 Å². The fourth-order valence-electron chi connectivity index (χ4n) is 1.18. The molecule has 0 rings (SSSR count). The molecule has 0 aliphatic heterocycles. The van der Waals surface area contributed by atoms with E-state index < -0.39 is 10.0 Å². The maximum absolute atomic E-state index is 11.6. The number of thioether (sulfide) groups is 1. The Morgan fingerprint density at radius 3 is 2.71 bits per heavy atom. The quantitative estimate of drug-likeness (QED) is 0.537. The molecule has 0 saturated heterocycles. The molecule has 0 spiro atoms. The standard InChI is InChI=1S/C10H24N2O3S2/c1-3-16-8-4-10(2)12-17(13,14)9-7-15-6-5-11/h10,12H,3-9,11H2,1-2H3. The van der Waals surface area contributed by atoms with Crippen LogP contribution in [0.25, 0.3) is 0 Å². The van der Waals surface area contributed by atoms with Crippen molar-refractivity contribution < 1.29 is 13.2 Å². The van der Waals surface area contributed by atoms with Crippen molar-refractivity contribution in [2.75, 3.05) is 37.0 Å². The molecule has 7 heteroatoms. The van der Waals surface area contributed by atoms with E-state index in [9.17, 15) is 8.42 Å². The molecular formula is C10H24N2O3S2. The molecule has 0 aromatic heterocycles. The Kier molecular flexibility index (Phi) is 10.2. The minimum atomic E-state index is -3.22. The molecule has 1 atom stereocenters. The topological polar surface area (TPSA) is 81.4 Å². The van der Waals surface area contributed by atoms with Crippen molar-refractivity contribution in [2.24, 2.45) is 5.73 Å². The lowest BCUT2D eigenvalue weighted by atomic mass is 10.3. The third-order valence-electron chi connectivity index (χ3n) is 2.04. The van der Waals surface area contributed by atoms with Crippen LogP contribution in [-0.4, -0.2) is 51.5 Å². The van der Waals surface area contributed by atoms with E-state index in [4.69, 9.17) is 10.5 Å². The molecule has 5 nitrogen and oxygen atoms in total. The van der Waals surface area contributed by atoms with Crippen LogP contribution < -0.4 is 10.5 Å². The van der Waals surface area contributed by atoms with Crippen LogP contribution in [0.1, 0.15) is 20.3 Å². The van der Waals surface area contributed by atoms with Gasteiger partial charge in [-0.25, -0.2) is 13.1 Å². The molecule has 0 fully saturated rings. The Labute approximate surface area is 109 Å². The SMILES string of the molecule is CCSCCC(C)NS(=O)(=O)CCOCCN. The first-order valence-electron chi connectivity index (χ1n) is 5.87. The molecule has 0 aromatic carbocycles. The Hall–Kier alpha value is 0.180. The molecular weight excluding hydrogens is 260 g/mol. The minimum absolute atomic E-state index is 0.00173. The Balaban J connectivity index is 3.75. The van der Waals surface area contributed by atoms with E-state index in [0.29, 0.717) is 13.2 Å². The highest BCUT2D eigenvalue weighted by molar-refractivity contribution is 7.99. The van der Waals surface area contributed by atoms with E-state index in [1.807, 2.05) is 18.7 Å². The van der Waals surface area contributed by atoms with Gasteiger partial charge in [-0.3, -0.25) is 0 Å². The summed E-state index contributed by atoms with van der Waals surface area (Å²) in [4.78, 5) is 0. The molecule has 1 unspecified atom stereocenters. The molecule has 0 aromatic rings.